The number of aromatic nitrogens is 2. The Morgan fingerprint density at radius 3 is 2.42 bits per heavy atom. The van der Waals surface area contributed by atoms with Crippen molar-refractivity contribution in [1.82, 2.24) is 9.97 Å². The molecule has 0 aliphatic carbocycles. The van der Waals surface area contributed by atoms with Gasteiger partial charge < -0.3 is 13.6 Å². The third-order valence-electron chi connectivity index (χ3n) is 3.13. The van der Waals surface area contributed by atoms with Gasteiger partial charge in [0.15, 0.2) is 5.75 Å². The SMILES string of the molecule is O=P12Oc3cc4nc5ccccc5nc4c(c3O1)O2. The fourth-order valence-electron chi connectivity index (χ4n) is 2.33. The van der Waals surface area contributed by atoms with Crippen LogP contribution in [-0.4, -0.2) is 9.97 Å². The predicted molar refractivity (Wildman–Crippen MR) is 66.5 cm³/mol. The number of hydrogen-bond acceptors (Lipinski definition) is 6. The Hall–Kier alpha value is -2.33. The summed E-state index contributed by atoms with van der Waals surface area (Å²) in [6, 6.07) is 9.20. The summed E-state index contributed by atoms with van der Waals surface area (Å²) in [5.41, 5.74) is 2.70. The second-order valence-electron chi connectivity index (χ2n) is 4.33. The zero-order valence-corrected chi connectivity index (χ0v) is 10.3. The summed E-state index contributed by atoms with van der Waals surface area (Å²) in [6.45, 7) is 0. The van der Waals surface area contributed by atoms with Crippen molar-refractivity contribution in [1.29, 1.82) is 0 Å². The highest BCUT2D eigenvalue weighted by Gasteiger charge is 2.51. The summed E-state index contributed by atoms with van der Waals surface area (Å²) in [6.07, 6.45) is 0. The lowest BCUT2D eigenvalue weighted by atomic mass is 10.2. The van der Waals surface area contributed by atoms with Crippen LogP contribution in [0.5, 0.6) is 17.2 Å². The van der Waals surface area contributed by atoms with Gasteiger partial charge in [0.05, 0.1) is 16.6 Å². The standard InChI is InChI=1S/C12H5N2O4P/c15-19-16-9-5-8-10(12(18-19)11(9)17-19)14-7-4-2-1-3-6(7)13-8/h1-5H. The lowest BCUT2D eigenvalue weighted by Crippen LogP contribution is -1.99. The van der Waals surface area contributed by atoms with Crippen molar-refractivity contribution in [3.63, 3.8) is 0 Å². The van der Waals surface area contributed by atoms with Gasteiger partial charge in [-0.3, -0.25) is 0 Å². The number of phosphoric acid groups is 1. The normalized spacial score (nSPS) is 22.3. The van der Waals surface area contributed by atoms with Gasteiger partial charge in [-0.25, -0.2) is 9.97 Å². The second-order valence-corrected chi connectivity index (χ2v) is 5.78. The Kier molecular flexibility index (Phi) is 1.41. The van der Waals surface area contributed by atoms with Gasteiger partial charge >= 0.3 is 7.82 Å². The summed E-state index contributed by atoms with van der Waals surface area (Å²) in [7, 11) is -3.48. The fraction of sp³-hybridized carbons (Fsp3) is 0. The first-order valence-electron chi connectivity index (χ1n) is 5.64. The van der Waals surface area contributed by atoms with Crippen LogP contribution in [0.1, 0.15) is 0 Å². The third kappa shape index (κ3) is 1.10. The molecule has 0 fully saturated rings. The molecule has 19 heavy (non-hydrogen) atoms. The summed E-state index contributed by atoms with van der Waals surface area (Å²) in [4.78, 5) is 8.99. The van der Waals surface area contributed by atoms with Crippen molar-refractivity contribution in [2.75, 3.05) is 0 Å². The molecule has 3 heterocycles. The average Bonchev–Trinajstić information content (AvgIpc) is 2.90. The molecule has 1 aromatic heterocycles. The average molecular weight is 272 g/mol. The molecule has 0 saturated carbocycles. The molecule has 5 rings (SSSR count). The highest BCUT2D eigenvalue weighted by atomic mass is 31.2. The molecule has 92 valence electrons. The van der Waals surface area contributed by atoms with Crippen molar-refractivity contribution in [2.45, 2.75) is 0 Å². The molecule has 2 aromatic carbocycles. The van der Waals surface area contributed by atoms with Gasteiger partial charge in [0.2, 0.25) is 11.5 Å². The topological polar surface area (TPSA) is 70.5 Å². The number of nitrogens with zero attached hydrogens (tertiary/aromatic N) is 2. The Labute approximate surface area is 106 Å². The van der Waals surface area contributed by atoms with E-state index >= 15 is 0 Å². The molecule has 2 aliphatic heterocycles. The zero-order chi connectivity index (χ0) is 12.6. The summed E-state index contributed by atoms with van der Waals surface area (Å²) in [5, 5.41) is 0. The van der Waals surface area contributed by atoms with E-state index in [2.05, 4.69) is 9.97 Å². The first kappa shape index (κ1) is 9.58. The van der Waals surface area contributed by atoms with Crippen LogP contribution in [0.3, 0.4) is 0 Å². The quantitative estimate of drug-likeness (QED) is 0.462. The highest BCUT2D eigenvalue weighted by Crippen LogP contribution is 2.70. The third-order valence-corrected chi connectivity index (χ3v) is 4.36. The molecule has 7 heteroatoms. The van der Waals surface area contributed by atoms with Crippen molar-refractivity contribution in [3.05, 3.63) is 30.3 Å². The Morgan fingerprint density at radius 1 is 0.895 bits per heavy atom. The lowest BCUT2D eigenvalue weighted by Gasteiger charge is -2.11. The lowest BCUT2D eigenvalue weighted by molar-refractivity contribution is 0.355. The van der Waals surface area contributed by atoms with Crippen LogP contribution in [0, 0.1) is 0 Å². The zero-order valence-electron chi connectivity index (χ0n) is 9.36. The van der Waals surface area contributed by atoms with E-state index in [1.54, 1.807) is 6.07 Å². The second kappa shape index (κ2) is 2.81. The largest absolute Gasteiger partial charge is 0.647 e. The van der Waals surface area contributed by atoms with Crippen molar-refractivity contribution in [2.24, 2.45) is 0 Å². The van der Waals surface area contributed by atoms with E-state index in [1.807, 2.05) is 24.3 Å². The molecule has 3 aromatic rings. The number of para-hydroxylation sites is 2. The van der Waals surface area contributed by atoms with Gasteiger partial charge in [-0.15, -0.1) is 0 Å². The summed E-state index contributed by atoms with van der Waals surface area (Å²) < 4.78 is 27.4. The molecule has 2 aliphatic rings. The summed E-state index contributed by atoms with van der Waals surface area (Å²) >= 11 is 0. The van der Waals surface area contributed by atoms with E-state index < -0.39 is 7.82 Å². The van der Waals surface area contributed by atoms with Gasteiger partial charge in [-0.2, -0.15) is 4.57 Å². The van der Waals surface area contributed by atoms with Gasteiger partial charge in [0, 0.05) is 6.07 Å². The van der Waals surface area contributed by atoms with Crippen molar-refractivity contribution in [3.8, 4) is 17.2 Å². The Balaban J connectivity index is 1.98. The van der Waals surface area contributed by atoms with Crippen LogP contribution in [0.2, 0.25) is 0 Å². The predicted octanol–water partition coefficient (Wildman–Crippen LogP) is 3.05. The molecular formula is C12H5N2O4P. The first-order valence-corrected chi connectivity index (χ1v) is 7.10. The number of hydrogen-bond donors (Lipinski definition) is 0. The van der Waals surface area contributed by atoms with Gasteiger partial charge in [-0.05, 0) is 12.1 Å². The van der Waals surface area contributed by atoms with Crippen LogP contribution >= 0.6 is 7.82 Å². The molecule has 1 unspecified atom stereocenters. The minimum atomic E-state index is -3.48. The highest BCUT2D eigenvalue weighted by molar-refractivity contribution is 7.50. The van der Waals surface area contributed by atoms with E-state index in [0.29, 0.717) is 28.3 Å². The van der Waals surface area contributed by atoms with E-state index in [4.69, 9.17) is 13.6 Å². The van der Waals surface area contributed by atoms with Crippen LogP contribution in [0.25, 0.3) is 22.1 Å². The maximum Gasteiger partial charge on any atom is 0.647 e. The minimum absolute atomic E-state index is 0.361. The molecular weight excluding hydrogens is 267 g/mol. The molecule has 0 spiro atoms. The van der Waals surface area contributed by atoms with Crippen LogP contribution in [0.4, 0.5) is 0 Å². The number of fused-ring (bicyclic) bond motifs is 4. The molecule has 0 saturated heterocycles. The Bertz CT molecular complexity index is 934. The number of rotatable bonds is 0. The van der Waals surface area contributed by atoms with Crippen molar-refractivity contribution < 1.29 is 18.1 Å². The monoisotopic (exact) mass is 272 g/mol. The maximum absolute atomic E-state index is 11.9. The number of benzene rings is 2. The molecule has 0 N–H and O–H groups in total. The molecule has 0 amide bonds. The van der Waals surface area contributed by atoms with Gasteiger partial charge in [0.25, 0.3) is 0 Å². The molecule has 2 bridgehead atoms. The van der Waals surface area contributed by atoms with Gasteiger partial charge in [-0.1, -0.05) is 12.1 Å². The Morgan fingerprint density at radius 2 is 1.63 bits per heavy atom. The van der Waals surface area contributed by atoms with E-state index in [9.17, 15) is 4.57 Å². The van der Waals surface area contributed by atoms with E-state index in [0.717, 1.165) is 11.0 Å². The van der Waals surface area contributed by atoms with Gasteiger partial charge in [0.1, 0.15) is 5.52 Å². The van der Waals surface area contributed by atoms with Crippen LogP contribution in [0.15, 0.2) is 30.3 Å². The molecule has 6 nitrogen and oxygen atoms in total. The number of phosphoric ester groups is 1. The minimum Gasteiger partial charge on any atom is -0.382 e. The summed E-state index contributed by atoms with van der Waals surface area (Å²) in [5.74, 6) is 1.13. The van der Waals surface area contributed by atoms with Crippen LogP contribution < -0.4 is 13.6 Å². The van der Waals surface area contributed by atoms with Crippen LogP contribution in [-0.2, 0) is 4.57 Å². The molecule has 1 atom stereocenters. The maximum atomic E-state index is 11.9. The van der Waals surface area contributed by atoms with E-state index in [-0.39, 0.29) is 0 Å². The molecule has 0 radical (unpaired) electrons. The van der Waals surface area contributed by atoms with Crippen molar-refractivity contribution >= 4 is 29.9 Å². The first-order chi connectivity index (χ1) is 9.22. The smallest absolute Gasteiger partial charge is 0.382 e. The fourth-order valence-corrected chi connectivity index (χ4v) is 3.61. The van der Waals surface area contributed by atoms with E-state index in [1.165, 1.54) is 0 Å².